The van der Waals surface area contributed by atoms with Crippen LogP contribution in [0.25, 0.3) is 0 Å². The lowest BCUT2D eigenvalue weighted by molar-refractivity contribution is 0.0956. The van der Waals surface area contributed by atoms with E-state index in [1.807, 2.05) is 13.0 Å². The molecule has 1 aliphatic heterocycles. The van der Waals surface area contributed by atoms with Crippen molar-refractivity contribution in [3.63, 3.8) is 0 Å². The average Bonchev–Trinajstić information content (AvgIpc) is 2.48. The first kappa shape index (κ1) is 16.0. The largest absolute Gasteiger partial charge is 0.351 e. The quantitative estimate of drug-likeness (QED) is 0.898. The van der Waals surface area contributed by atoms with Gasteiger partial charge in [-0.3, -0.25) is 4.79 Å². The number of benzene rings is 1. The number of sulfonamides is 1. The van der Waals surface area contributed by atoms with Gasteiger partial charge in [-0.05, 0) is 31.9 Å². The Kier molecular flexibility index (Phi) is 5.36. The van der Waals surface area contributed by atoms with Crippen molar-refractivity contribution >= 4 is 15.9 Å². The van der Waals surface area contributed by atoms with Crippen molar-refractivity contribution in [2.24, 2.45) is 0 Å². The molecule has 0 aromatic heterocycles. The fourth-order valence-electron chi connectivity index (χ4n) is 2.59. The molecule has 116 valence electrons. The summed E-state index contributed by atoms with van der Waals surface area (Å²) in [5, 5.41) is 2.66. The molecule has 5 nitrogen and oxygen atoms in total. The first-order chi connectivity index (χ1) is 10.0. The van der Waals surface area contributed by atoms with E-state index in [-0.39, 0.29) is 24.2 Å². The van der Waals surface area contributed by atoms with E-state index in [9.17, 15) is 13.2 Å². The Morgan fingerprint density at radius 1 is 1.29 bits per heavy atom. The van der Waals surface area contributed by atoms with Gasteiger partial charge >= 0.3 is 0 Å². The number of hydrogen-bond acceptors (Lipinski definition) is 3. The third-order valence-corrected chi connectivity index (χ3v) is 5.76. The van der Waals surface area contributed by atoms with Gasteiger partial charge in [0.25, 0.3) is 5.91 Å². The van der Waals surface area contributed by atoms with Crippen LogP contribution in [0, 0.1) is 0 Å². The van der Waals surface area contributed by atoms with Crippen molar-refractivity contribution in [1.82, 2.24) is 9.62 Å². The SMILES string of the molecule is C[C@@H]1CCCCN1S(=O)(=O)CCNC(=O)c1ccccc1. The Labute approximate surface area is 126 Å². The minimum atomic E-state index is -3.29. The van der Waals surface area contributed by atoms with Crippen LogP contribution >= 0.6 is 0 Å². The molecule has 1 aromatic rings. The number of nitrogens with one attached hydrogen (secondary N) is 1. The van der Waals surface area contributed by atoms with Crippen LogP contribution in [0.15, 0.2) is 30.3 Å². The lowest BCUT2D eigenvalue weighted by Crippen LogP contribution is -2.45. The number of hydrogen-bond donors (Lipinski definition) is 1. The Morgan fingerprint density at radius 3 is 2.67 bits per heavy atom. The van der Waals surface area contributed by atoms with E-state index >= 15 is 0 Å². The second-order valence-corrected chi connectivity index (χ2v) is 7.43. The zero-order chi connectivity index (χ0) is 15.3. The third kappa shape index (κ3) is 4.28. The van der Waals surface area contributed by atoms with Crippen molar-refractivity contribution in [3.8, 4) is 0 Å². The van der Waals surface area contributed by atoms with Gasteiger partial charge in [-0.2, -0.15) is 4.31 Å². The summed E-state index contributed by atoms with van der Waals surface area (Å²) in [5.74, 6) is -0.284. The van der Waals surface area contributed by atoms with E-state index in [4.69, 9.17) is 0 Å². The molecule has 0 saturated carbocycles. The molecule has 1 atom stereocenters. The van der Waals surface area contributed by atoms with Crippen molar-refractivity contribution in [3.05, 3.63) is 35.9 Å². The highest BCUT2D eigenvalue weighted by molar-refractivity contribution is 7.89. The van der Waals surface area contributed by atoms with Crippen molar-refractivity contribution in [2.75, 3.05) is 18.8 Å². The molecular weight excluding hydrogens is 288 g/mol. The maximum Gasteiger partial charge on any atom is 0.251 e. The summed E-state index contributed by atoms with van der Waals surface area (Å²) in [6.07, 6.45) is 2.91. The highest BCUT2D eigenvalue weighted by atomic mass is 32.2. The predicted molar refractivity (Wildman–Crippen MR) is 82.6 cm³/mol. The molecule has 1 N–H and O–H groups in total. The molecule has 0 radical (unpaired) electrons. The van der Waals surface area contributed by atoms with E-state index in [2.05, 4.69) is 5.32 Å². The van der Waals surface area contributed by atoms with Crippen LogP contribution in [-0.4, -0.2) is 43.5 Å². The molecule has 0 spiro atoms. The van der Waals surface area contributed by atoms with Gasteiger partial charge < -0.3 is 5.32 Å². The summed E-state index contributed by atoms with van der Waals surface area (Å²) >= 11 is 0. The molecule has 6 heteroatoms. The Balaban J connectivity index is 1.86. The minimum Gasteiger partial charge on any atom is -0.351 e. The molecule has 1 fully saturated rings. The monoisotopic (exact) mass is 310 g/mol. The van der Waals surface area contributed by atoms with Crippen LogP contribution in [0.4, 0.5) is 0 Å². The minimum absolute atomic E-state index is 0.0457. The van der Waals surface area contributed by atoms with E-state index in [1.165, 1.54) is 0 Å². The average molecular weight is 310 g/mol. The number of rotatable bonds is 5. The zero-order valence-corrected chi connectivity index (χ0v) is 13.1. The Morgan fingerprint density at radius 2 is 2.00 bits per heavy atom. The summed E-state index contributed by atoms with van der Waals surface area (Å²) in [6.45, 7) is 2.68. The maximum absolute atomic E-state index is 12.3. The van der Waals surface area contributed by atoms with E-state index in [0.717, 1.165) is 19.3 Å². The Bertz CT molecular complexity index is 572. The molecule has 1 heterocycles. The molecule has 21 heavy (non-hydrogen) atoms. The van der Waals surface area contributed by atoms with Crippen molar-refractivity contribution < 1.29 is 13.2 Å². The second kappa shape index (κ2) is 7.04. The van der Waals surface area contributed by atoms with Crippen LogP contribution in [0.5, 0.6) is 0 Å². The summed E-state index contributed by atoms with van der Waals surface area (Å²) < 4.78 is 26.2. The molecular formula is C15H22N2O3S. The fraction of sp³-hybridized carbons (Fsp3) is 0.533. The van der Waals surface area contributed by atoms with Gasteiger partial charge in [-0.15, -0.1) is 0 Å². The highest BCUT2D eigenvalue weighted by Crippen LogP contribution is 2.19. The van der Waals surface area contributed by atoms with Crippen LogP contribution < -0.4 is 5.32 Å². The number of nitrogens with zero attached hydrogens (tertiary/aromatic N) is 1. The summed E-state index contributed by atoms with van der Waals surface area (Å²) in [6, 6.07) is 8.86. The van der Waals surface area contributed by atoms with Crippen molar-refractivity contribution in [1.29, 1.82) is 0 Å². The molecule has 1 saturated heterocycles. The number of amides is 1. The summed E-state index contributed by atoms with van der Waals surface area (Å²) in [5.41, 5.74) is 0.543. The molecule has 2 rings (SSSR count). The van der Waals surface area contributed by atoms with Gasteiger partial charge in [0.2, 0.25) is 10.0 Å². The lowest BCUT2D eigenvalue weighted by Gasteiger charge is -2.32. The second-order valence-electron chi connectivity index (χ2n) is 5.39. The molecule has 1 aliphatic rings. The number of carbonyl (C=O) groups is 1. The summed E-state index contributed by atoms with van der Waals surface area (Å²) in [7, 11) is -3.29. The number of piperidine rings is 1. The van der Waals surface area contributed by atoms with Crippen LogP contribution in [0.2, 0.25) is 0 Å². The lowest BCUT2D eigenvalue weighted by atomic mass is 10.1. The molecule has 1 amide bonds. The van der Waals surface area contributed by atoms with E-state index < -0.39 is 10.0 Å². The maximum atomic E-state index is 12.3. The van der Waals surface area contributed by atoms with Crippen LogP contribution in [0.3, 0.4) is 0 Å². The zero-order valence-electron chi connectivity index (χ0n) is 12.3. The van der Waals surface area contributed by atoms with E-state index in [1.54, 1.807) is 28.6 Å². The van der Waals surface area contributed by atoms with Gasteiger partial charge in [-0.1, -0.05) is 24.6 Å². The standard InChI is InChI=1S/C15H22N2O3S/c1-13-7-5-6-11-17(13)21(19,20)12-10-16-15(18)14-8-3-2-4-9-14/h2-4,8-9,13H,5-7,10-12H2,1H3,(H,16,18)/t13-/m1/s1. The van der Waals surface area contributed by atoms with Crippen molar-refractivity contribution in [2.45, 2.75) is 32.2 Å². The van der Waals surface area contributed by atoms with Gasteiger partial charge in [-0.25, -0.2) is 8.42 Å². The van der Waals surface area contributed by atoms with Gasteiger partial charge in [0.1, 0.15) is 0 Å². The van der Waals surface area contributed by atoms with E-state index in [0.29, 0.717) is 12.1 Å². The van der Waals surface area contributed by atoms with Crippen LogP contribution in [-0.2, 0) is 10.0 Å². The smallest absolute Gasteiger partial charge is 0.251 e. The first-order valence-electron chi connectivity index (χ1n) is 7.33. The van der Waals surface area contributed by atoms with Gasteiger partial charge in [0.15, 0.2) is 0 Å². The molecule has 0 bridgehead atoms. The van der Waals surface area contributed by atoms with Crippen LogP contribution in [0.1, 0.15) is 36.5 Å². The fourth-order valence-corrected chi connectivity index (χ4v) is 4.24. The highest BCUT2D eigenvalue weighted by Gasteiger charge is 2.29. The summed E-state index contributed by atoms with van der Waals surface area (Å²) in [4.78, 5) is 11.9. The number of carbonyl (C=O) groups excluding carboxylic acids is 1. The van der Waals surface area contributed by atoms with Gasteiger partial charge in [0.05, 0.1) is 5.75 Å². The van der Waals surface area contributed by atoms with Gasteiger partial charge in [0, 0.05) is 24.7 Å². The molecule has 0 aliphatic carbocycles. The molecule has 0 unspecified atom stereocenters. The normalized spacial score (nSPS) is 20.1. The first-order valence-corrected chi connectivity index (χ1v) is 8.94. The third-order valence-electron chi connectivity index (χ3n) is 3.78. The molecule has 1 aromatic carbocycles. The topological polar surface area (TPSA) is 66.5 Å². The predicted octanol–water partition coefficient (Wildman–Crippen LogP) is 1.62. The Hall–Kier alpha value is -1.40.